The van der Waals surface area contributed by atoms with Gasteiger partial charge >= 0.3 is 0 Å². The summed E-state index contributed by atoms with van der Waals surface area (Å²) in [6, 6.07) is 20.8. The van der Waals surface area contributed by atoms with E-state index in [1.165, 1.54) is 5.56 Å². The third-order valence-electron chi connectivity index (χ3n) is 3.59. The fourth-order valence-corrected chi connectivity index (χ4v) is 2.44. The van der Waals surface area contributed by atoms with Crippen LogP contribution in [0.2, 0.25) is 0 Å². The molecule has 3 rings (SSSR count). The minimum absolute atomic E-state index is 0.0796. The van der Waals surface area contributed by atoms with E-state index in [1.807, 2.05) is 24.3 Å². The quantitative estimate of drug-likeness (QED) is 0.744. The molecule has 0 fully saturated rings. The monoisotopic (exact) mass is 277 g/mol. The Balaban J connectivity index is 1.47. The summed E-state index contributed by atoms with van der Waals surface area (Å²) in [5.41, 5.74) is 3.56. The zero-order chi connectivity index (χ0) is 14.3. The highest BCUT2D eigenvalue weighted by Gasteiger charge is 2.19. The van der Waals surface area contributed by atoms with E-state index in [4.69, 9.17) is 4.84 Å². The molecule has 106 valence electrons. The largest absolute Gasteiger partial charge is 0.388 e. The van der Waals surface area contributed by atoms with E-state index < -0.39 is 0 Å². The zero-order valence-electron chi connectivity index (χ0n) is 12.0. The number of hydrogen-bond acceptors (Lipinski definition) is 2. The Morgan fingerprint density at radius 3 is 2.48 bits per heavy atom. The van der Waals surface area contributed by atoms with Crippen LogP contribution in [0, 0.1) is 0 Å². The van der Waals surface area contributed by atoms with E-state index in [1.54, 1.807) is 0 Å². The fraction of sp³-hybridized carbons (Fsp3) is 0.211. The summed E-state index contributed by atoms with van der Waals surface area (Å²) in [6.45, 7) is 0. The van der Waals surface area contributed by atoms with Gasteiger partial charge in [-0.3, -0.25) is 0 Å². The second-order valence-electron chi connectivity index (χ2n) is 5.20. The smallest absolute Gasteiger partial charge is 0.151 e. The maximum absolute atomic E-state index is 5.47. The molecule has 2 aromatic carbocycles. The predicted molar refractivity (Wildman–Crippen MR) is 86.4 cm³/mol. The summed E-state index contributed by atoms with van der Waals surface area (Å²) >= 11 is 0. The minimum atomic E-state index is 0.0796. The first kappa shape index (κ1) is 13.6. The third kappa shape index (κ3) is 3.82. The van der Waals surface area contributed by atoms with Crippen molar-refractivity contribution in [2.75, 3.05) is 0 Å². The molecule has 0 radical (unpaired) electrons. The summed E-state index contributed by atoms with van der Waals surface area (Å²) < 4.78 is 0. The van der Waals surface area contributed by atoms with E-state index in [0.29, 0.717) is 0 Å². The van der Waals surface area contributed by atoms with Crippen LogP contribution in [0.15, 0.2) is 78.0 Å². The highest BCUT2D eigenvalue weighted by molar-refractivity contribution is 6.01. The summed E-state index contributed by atoms with van der Waals surface area (Å²) in [4.78, 5) is 5.47. The van der Waals surface area contributed by atoms with Crippen molar-refractivity contribution in [3.05, 3.63) is 83.9 Å². The Bertz CT molecular complexity index is 617. The van der Waals surface area contributed by atoms with Gasteiger partial charge in [0.25, 0.3) is 0 Å². The molecule has 0 saturated carbocycles. The molecule has 1 aliphatic rings. The second-order valence-corrected chi connectivity index (χ2v) is 5.20. The van der Waals surface area contributed by atoms with Gasteiger partial charge in [-0.2, -0.15) is 0 Å². The van der Waals surface area contributed by atoms with E-state index in [2.05, 4.69) is 53.7 Å². The molecule has 0 spiro atoms. The van der Waals surface area contributed by atoms with Crippen molar-refractivity contribution in [1.82, 2.24) is 0 Å². The minimum Gasteiger partial charge on any atom is -0.388 e. The average molecular weight is 277 g/mol. The molecule has 2 nitrogen and oxygen atoms in total. The van der Waals surface area contributed by atoms with Gasteiger partial charge in [-0.15, -0.1) is 0 Å². The summed E-state index contributed by atoms with van der Waals surface area (Å²) in [5.74, 6) is 0. The maximum atomic E-state index is 5.47. The van der Waals surface area contributed by atoms with E-state index in [9.17, 15) is 0 Å². The predicted octanol–water partition coefficient (Wildman–Crippen LogP) is 4.37. The van der Waals surface area contributed by atoms with Gasteiger partial charge in [0.2, 0.25) is 0 Å². The zero-order valence-corrected chi connectivity index (χ0v) is 12.0. The highest BCUT2D eigenvalue weighted by atomic mass is 16.6. The van der Waals surface area contributed by atoms with Crippen LogP contribution in [-0.2, 0) is 11.3 Å². The Kier molecular flexibility index (Phi) is 4.47. The maximum Gasteiger partial charge on any atom is 0.151 e. The van der Waals surface area contributed by atoms with Gasteiger partial charge < -0.3 is 4.84 Å². The molecule has 1 atom stereocenters. The lowest BCUT2D eigenvalue weighted by atomic mass is 10.0. The molecular formula is C19H19NO. The van der Waals surface area contributed by atoms with Gasteiger partial charge in [0.05, 0.1) is 5.71 Å². The molecule has 0 N–H and O–H groups in total. The molecular weight excluding hydrogens is 258 g/mol. The lowest BCUT2D eigenvalue weighted by Gasteiger charge is -2.01. The van der Waals surface area contributed by atoms with E-state index in [-0.39, 0.29) is 6.10 Å². The van der Waals surface area contributed by atoms with Gasteiger partial charge in [-0.05, 0) is 30.0 Å². The molecule has 0 aromatic heterocycles. The van der Waals surface area contributed by atoms with Gasteiger partial charge in [-0.1, -0.05) is 71.9 Å². The van der Waals surface area contributed by atoms with Crippen LogP contribution in [0.1, 0.15) is 24.0 Å². The molecule has 0 bridgehead atoms. The highest BCUT2D eigenvalue weighted by Crippen LogP contribution is 2.17. The second kappa shape index (κ2) is 6.89. The molecule has 0 unspecified atom stereocenters. The lowest BCUT2D eigenvalue weighted by molar-refractivity contribution is 0.119. The van der Waals surface area contributed by atoms with Crippen LogP contribution in [0.4, 0.5) is 0 Å². The van der Waals surface area contributed by atoms with Gasteiger partial charge in [-0.25, -0.2) is 0 Å². The Hall–Kier alpha value is -2.35. The molecule has 21 heavy (non-hydrogen) atoms. The van der Waals surface area contributed by atoms with E-state index >= 15 is 0 Å². The molecule has 1 aliphatic heterocycles. The molecule has 0 saturated heterocycles. The standard InChI is InChI=1S/C19H19NO/c1-3-9-16(10-4-1)11-7-8-14-18-15-19(20-21-18)17-12-5-2-6-13-17/h1-6,8-10,12-14,18H,7,11,15H2/b14-8+/t18-/m1/s1. The van der Waals surface area contributed by atoms with Crippen molar-refractivity contribution in [2.45, 2.75) is 25.4 Å². The third-order valence-corrected chi connectivity index (χ3v) is 3.59. The molecule has 2 aromatic rings. The Morgan fingerprint density at radius 2 is 1.71 bits per heavy atom. The first-order valence-electron chi connectivity index (χ1n) is 7.40. The van der Waals surface area contributed by atoms with Crippen molar-refractivity contribution in [1.29, 1.82) is 0 Å². The lowest BCUT2D eigenvalue weighted by Crippen LogP contribution is -2.04. The van der Waals surface area contributed by atoms with Crippen molar-refractivity contribution in [2.24, 2.45) is 5.16 Å². The Labute approximate surface area is 125 Å². The number of rotatable bonds is 5. The van der Waals surface area contributed by atoms with Crippen molar-refractivity contribution in [3.8, 4) is 0 Å². The number of oxime groups is 1. The number of benzene rings is 2. The number of hydrogen-bond donors (Lipinski definition) is 0. The number of nitrogens with zero attached hydrogens (tertiary/aromatic N) is 1. The Morgan fingerprint density at radius 1 is 1.00 bits per heavy atom. The van der Waals surface area contributed by atoms with Crippen LogP contribution in [0.25, 0.3) is 0 Å². The van der Waals surface area contributed by atoms with Crippen LogP contribution in [-0.4, -0.2) is 11.8 Å². The SMILES string of the molecule is C(=C\[C@@H]1CC(c2ccccc2)=NO1)/CCc1ccccc1. The number of aryl methyl sites for hydroxylation is 1. The normalized spacial score (nSPS) is 17.7. The summed E-state index contributed by atoms with van der Waals surface area (Å²) in [7, 11) is 0. The van der Waals surface area contributed by atoms with Gasteiger partial charge in [0.1, 0.15) is 0 Å². The van der Waals surface area contributed by atoms with Crippen LogP contribution < -0.4 is 0 Å². The topological polar surface area (TPSA) is 21.6 Å². The first-order chi connectivity index (χ1) is 10.4. The van der Waals surface area contributed by atoms with Crippen molar-refractivity contribution < 1.29 is 4.84 Å². The number of allylic oxidation sites excluding steroid dienone is 1. The molecule has 0 amide bonds. The first-order valence-corrected chi connectivity index (χ1v) is 7.40. The molecule has 0 aliphatic carbocycles. The van der Waals surface area contributed by atoms with Crippen molar-refractivity contribution >= 4 is 5.71 Å². The summed E-state index contributed by atoms with van der Waals surface area (Å²) in [6.07, 6.45) is 7.35. The molecule has 2 heteroatoms. The van der Waals surface area contributed by atoms with Gasteiger partial charge in [0, 0.05) is 6.42 Å². The van der Waals surface area contributed by atoms with Crippen LogP contribution in [0.3, 0.4) is 0 Å². The summed E-state index contributed by atoms with van der Waals surface area (Å²) in [5, 5.41) is 4.19. The fourth-order valence-electron chi connectivity index (χ4n) is 2.44. The van der Waals surface area contributed by atoms with Crippen LogP contribution >= 0.6 is 0 Å². The molecule has 1 heterocycles. The average Bonchev–Trinajstić information content (AvgIpc) is 3.02. The van der Waals surface area contributed by atoms with Crippen LogP contribution in [0.5, 0.6) is 0 Å². The van der Waals surface area contributed by atoms with E-state index in [0.717, 1.165) is 30.5 Å². The van der Waals surface area contributed by atoms with Crippen molar-refractivity contribution in [3.63, 3.8) is 0 Å². The van der Waals surface area contributed by atoms with Gasteiger partial charge in [0.15, 0.2) is 6.10 Å².